The Morgan fingerprint density at radius 3 is 3.00 bits per heavy atom. The lowest BCUT2D eigenvalue weighted by Gasteiger charge is -2.23. The Morgan fingerprint density at radius 1 is 1.47 bits per heavy atom. The Balaban J connectivity index is 2.11. The van der Waals surface area contributed by atoms with E-state index in [-0.39, 0.29) is 18.5 Å². The number of ether oxygens (including phenoxy) is 1. The highest BCUT2D eigenvalue weighted by Crippen LogP contribution is 2.27. The number of aliphatic hydroxyl groups excluding tert-OH is 1. The van der Waals surface area contributed by atoms with Crippen molar-refractivity contribution in [3.8, 4) is 0 Å². The van der Waals surface area contributed by atoms with E-state index in [0.717, 1.165) is 24.8 Å². The molecular weight excluding hydrogens is 216 g/mol. The normalized spacial score (nSPS) is 18.6. The third-order valence-electron chi connectivity index (χ3n) is 3.30. The lowest BCUT2D eigenvalue weighted by Crippen LogP contribution is -2.24. The Labute approximate surface area is 101 Å². The van der Waals surface area contributed by atoms with Crippen LogP contribution in [0.5, 0.6) is 0 Å². The van der Waals surface area contributed by atoms with Crippen molar-refractivity contribution in [3.63, 3.8) is 0 Å². The lowest BCUT2D eigenvalue weighted by atomic mass is 9.83. The first kappa shape index (κ1) is 12.1. The third kappa shape index (κ3) is 2.67. The van der Waals surface area contributed by atoms with Gasteiger partial charge < -0.3 is 9.84 Å². The summed E-state index contributed by atoms with van der Waals surface area (Å²) in [6, 6.07) is 5.98. The molecule has 17 heavy (non-hydrogen) atoms. The molecule has 2 rings (SSSR count). The zero-order valence-electron chi connectivity index (χ0n) is 10.1. The Morgan fingerprint density at radius 2 is 2.29 bits per heavy atom. The SMILES string of the molecule is CCOC(=O)C1CCc2cc(CO)ccc2C1. The molecule has 1 aromatic rings. The number of carbonyl (C=O) groups excluding carboxylic acids is 1. The van der Waals surface area contributed by atoms with Gasteiger partial charge in [-0.2, -0.15) is 0 Å². The van der Waals surface area contributed by atoms with Crippen molar-refractivity contribution >= 4 is 5.97 Å². The number of carbonyl (C=O) groups is 1. The number of aryl methyl sites for hydroxylation is 1. The van der Waals surface area contributed by atoms with Gasteiger partial charge in [-0.05, 0) is 42.9 Å². The zero-order valence-corrected chi connectivity index (χ0v) is 10.1. The summed E-state index contributed by atoms with van der Waals surface area (Å²) in [5.41, 5.74) is 3.42. The van der Waals surface area contributed by atoms with Crippen LogP contribution < -0.4 is 0 Å². The van der Waals surface area contributed by atoms with Crippen LogP contribution in [-0.2, 0) is 29.0 Å². The van der Waals surface area contributed by atoms with E-state index in [1.165, 1.54) is 11.1 Å². The van der Waals surface area contributed by atoms with Crippen molar-refractivity contribution in [2.24, 2.45) is 5.92 Å². The predicted molar refractivity (Wildman–Crippen MR) is 64.5 cm³/mol. The van der Waals surface area contributed by atoms with Crippen LogP contribution in [0, 0.1) is 5.92 Å². The molecule has 0 aliphatic heterocycles. The molecule has 3 nitrogen and oxygen atoms in total. The minimum Gasteiger partial charge on any atom is -0.466 e. The Kier molecular flexibility index (Phi) is 3.79. The van der Waals surface area contributed by atoms with Crippen molar-refractivity contribution in [3.05, 3.63) is 34.9 Å². The largest absolute Gasteiger partial charge is 0.466 e. The molecule has 0 amide bonds. The first-order valence-electron chi connectivity index (χ1n) is 6.12. The molecular formula is C14H18O3. The first-order chi connectivity index (χ1) is 8.24. The first-order valence-corrected chi connectivity index (χ1v) is 6.12. The molecule has 1 N–H and O–H groups in total. The van der Waals surface area contributed by atoms with Gasteiger partial charge >= 0.3 is 5.97 Å². The number of rotatable bonds is 3. The van der Waals surface area contributed by atoms with E-state index < -0.39 is 0 Å². The summed E-state index contributed by atoms with van der Waals surface area (Å²) in [4.78, 5) is 11.7. The van der Waals surface area contributed by atoms with Gasteiger partial charge in [-0.3, -0.25) is 4.79 Å². The van der Waals surface area contributed by atoms with Crippen LogP contribution in [-0.4, -0.2) is 17.7 Å². The quantitative estimate of drug-likeness (QED) is 0.812. The highest BCUT2D eigenvalue weighted by Gasteiger charge is 2.25. The van der Waals surface area contributed by atoms with Gasteiger partial charge in [-0.15, -0.1) is 0 Å². The van der Waals surface area contributed by atoms with Crippen LogP contribution in [0.1, 0.15) is 30.0 Å². The fraction of sp³-hybridized carbons (Fsp3) is 0.500. The highest BCUT2D eigenvalue weighted by atomic mass is 16.5. The summed E-state index contributed by atoms with van der Waals surface area (Å²) in [7, 11) is 0. The molecule has 3 heteroatoms. The fourth-order valence-corrected chi connectivity index (χ4v) is 2.37. The molecule has 0 saturated heterocycles. The monoisotopic (exact) mass is 234 g/mol. The molecule has 0 bridgehead atoms. The number of hydrogen-bond acceptors (Lipinski definition) is 3. The molecule has 1 atom stereocenters. The van der Waals surface area contributed by atoms with Gasteiger partial charge in [0.25, 0.3) is 0 Å². The average molecular weight is 234 g/mol. The van der Waals surface area contributed by atoms with E-state index >= 15 is 0 Å². The third-order valence-corrected chi connectivity index (χ3v) is 3.30. The van der Waals surface area contributed by atoms with Gasteiger partial charge in [0.05, 0.1) is 19.1 Å². The van der Waals surface area contributed by atoms with Crippen molar-refractivity contribution in [1.29, 1.82) is 0 Å². The van der Waals surface area contributed by atoms with E-state index in [1.54, 1.807) is 0 Å². The van der Waals surface area contributed by atoms with E-state index in [4.69, 9.17) is 9.84 Å². The number of esters is 1. The summed E-state index contributed by atoms with van der Waals surface area (Å²) in [5, 5.41) is 9.08. The van der Waals surface area contributed by atoms with Crippen molar-refractivity contribution in [1.82, 2.24) is 0 Å². The van der Waals surface area contributed by atoms with Gasteiger partial charge in [0, 0.05) is 0 Å². The van der Waals surface area contributed by atoms with Gasteiger partial charge in [0.2, 0.25) is 0 Å². The summed E-state index contributed by atoms with van der Waals surface area (Å²) in [6.07, 6.45) is 2.51. The van der Waals surface area contributed by atoms with Crippen LogP contribution in [0.4, 0.5) is 0 Å². The Bertz CT molecular complexity index is 412. The van der Waals surface area contributed by atoms with E-state index in [1.807, 2.05) is 25.1 Å². The summed E-state index contributed by atoms with van der Waals surface area (Å²) >= 11 is 0. The maximum atomic E-state index is 11.7. The minimum atomic E-state index is -0.0793. The lowest BCUT2D eigenvalue weighted by molar-refractivity contribution is -0.148. The van der Waals surface area contributed by atoms with E-state index in [0.29, 0.717) is 6.61 Å². The van der Waals surface area contributed by atoms with Crippen LogP contribution in [0.2, 0.25) is 0 Å². The second-order valence-corrected chi connectivity index (χ2v) is 4.45. The fourth-order valence-electron chi connectivity index (χ4n) is 2.37. The number of aliphatic hydroxyl groups is 1. The molecule has 0 radical (unpaired) electrons. The van der Waals surface area contributed by atoms with Gasteiger partial charge in [0.15, 0.2) is 0 Å². The molecule has 1 aromatic carbocycles. The van der Waals surface area contributed by atoms with Crippen molar-refractivity contribution in [2.75, 3.05) is 6.61 Å². The molecule has 1 aliphatic carbocycles. The Hall–Kier alpha value is -1.35. The standard InChI is InChI=1S/C14H18O3/c1-2-17-14(16)13-6-5-11-7-10(9-15)3-4-12(11)8-13/h3-4,7,13,15H,2,5-6,8-9H2,1H3. The predicted octanol–water partition coefficient (Wildman–Crippen LogP) is 1.85. The average Bonchev–Trinajstić information content (AvgIpc) is 2.37. The van der Waals surface area contributed by atoms with Gasteiger partial charge in [-0.25, -0.2) is 0 Å². The molecule has 0 aromatic heterocycles. The summed E-state index contributed by atoms with van der Waals surface area (Å²) < 4.78 is 5.06. The second kappa shape index (κ2) is 5.32. The number of benzene rings is 1. The zero-order chi connectivity index (χ0) is 12.3. The topological polar surface area (TPSA) is 46.5 Å². The highest BCUT2D eigenvalue weighted by molar-refractivity contribution is 5.73. The van der Waals surface area contributed by atoms with Crippen LogP contribution >= 0.6 is 0 Å². The molecule has 1 aliphatic rings. The van der Waals surface area contributed by atoms with Gasteiger partial charge in [0.1, 0.15) is 0 Å². The maximum absolute atomic E-state index is 11.7. The molecule has 92 valence electrons. The minimum absolute atomic E-state index is 0.00225. The van der Waals surface area contributed by atoms with E-state index in [9.17, 15) is 4.79 Å². The molecule has 1 unspecified atom stereocenters. The van der Waals surface area contributed by atoms with Crippen LogP contribution in [0.3, 0.4) is 0 Å². The van der Waals surface area contributed by atoms with E-state index in [2.05, 4.69) is 0 Å². The summed E-state index contributed by atoms with van der Waals surface area (Å²) in [6.45, 7) is 2.36. The smallest absolute Gasteiger partial charge is 0.309 e. The molecule has 0 heterocycles. The number of hydrogen-bond donors (Lipinski definition) is 1. The number of fused-ring (bicyclic) bond motifs is 1. The van der Waals surface area contributed by atoms with Crippen molar-refractivity contribution < 1.29 is 14.6 Å². The molecule has 0 spiro atoms. The van der Waals surface area contributed by atoms with Crippen LogP contribution in [0.15, 0.2) is 18.2 Å². The molecule has 0 saturated carbocycles. The second-order valence-electron chi connectivity index (χ2n) is 4.45. The van der Waals surface area contributed by atoms with Crippen LogP contribution in [0.25, 0.3) is 0 Å². The van der Waals surface area contributed by atoms with Crippen molar-refractivity contribution in [2.45, 2.75) is 32.8 Å². The summed E-state index contributed by atoms with van der Waals surface area (Å²) in [5.74, 6) is -0.0770. The maximum Gasteiger partial charge on any atom is 0.309 e. The molecule has 0 fully saturated rings. The van der Waals surface area contributed by atoms with Gasteiger partial charge in [-0.1, -0.05) is 18.2 Å².